The van der Waals surface area contributed by atoms with Crippen molar-refractivity contribution in [1.82, 2.24) is 24.5 Å². The Kier molecular flexibility index (Phi) is 6.99. The number of piperazine rings is 1. The number of hydrogen-bond donors (Lipinski definition) is 2. The SMILES string of the molecule is CSNc1ccn(C(=O)N2CCN(Cc3ccc(Cl)c(N4CC5CN(C(N)=O)CC5C4)c3)CC2)n1. The monoisotopic (exact) mass is 518 g/mol. The summed E-state index contributed by atoms with van der Waals surface area (Å²) < 4.78 is 4.44. The number of hydrogen-bond acceptors (Lipinski definition) is 7. The third-order valence-electron chi connectivity index (χ3n) is 7.19. The van der Waals surface area contributed by atoms with Gasteiger partial charge in [-0.3, -0.25) is 4.90 Å². The lowest BCUT2D eigenvalue weighted by Crippen LogP contribution is -2.49. The lowest BCUT2D eigenvalue weighted by Gasteiger charge is -2.34. The fourth-order valence-electron chi connectivity index (χ4n) is 5.36. The summed E-state index contributed by atoms with van der Waals surface area (Å²) in [7, 11) is 0. The van der Waals surface area contributed by atoms with Crippen molar-refractivity contribution in [2.75, 3.05) is 68.2 Å². The second-order valence-electron chi connectivity index (χ2n) is 9.45. The van der Waals surface area contributed by atoms with Crippen LogP contribution in [0.5, 0.6) is 0 Å². The third-order valence-corrected chi connectivity index (χ3v) is 7.92. The molecule has 0 radical (unpaired) electrons. The highest BCUT2D eigenvalue weighted by atomic mass is 35.5. The summed E-state index contributed by atoms with van der Waals surface area (Å²) in [4.78, 5) is 32.6. The predicted molar refractivity (Wildman–Crippen MR) is 139 cm³/mol. The van der Waals surface area contributed by atoms with Gasteiger partial charge in [0.15, 0.2) is 5.82 Å². The fourth-order valence-corrected chi connectivity index (χ4v) is 5.91. The number of halogens is 1. The molecule has 1 aromatic heterocycles. The number of nitrogens with two attached hydrogens (primary N) is 1. The van der Waals surface area contributed by atoms with Gasteiger partial charge in [-0.25, -0.2) is 9.59 Å². The number of anilines is 2. The molecule has 1 aromatic carbocycles. The van der Waals surface area contributed by atoms with Gasteiger partial charge in [-0.2, -0.15) is 4.68 Å². The summed E-state index contributed by atoms with van der Waals surface area (Å²) in [6.07, 6.45) is 3.61. The number of carbonyl (C=O) groups is 2. The van der Waals surface area contributed by atoms with E-state index in [2.05, 4.69) is 31.8 Å². The minimum Gasteiger partial charge on any atom is -0.370 e. The van der Waals surface area contributed by atoms with Crippen molar-refractivity contribution in [3.63, 3.8) is 0 Å². The fraction of sp³-hybridized carbons (Fsp3) is 0.522. The highest BCUT2D eigenvalue weighted by molar-refractivity contribution is 7.99. The Morgan fingerprint density at radius 3 is 2.46 bits per heavy atom. The lowest BCUT2D eigenvalue weighted by atomic mass is 10.0. The molecule has 0 saturated carbocycles. The van der Waals surface area contributed by atoms with E-state index in [1.165, 1.54) is 22.2 Å². The summed E-state index contributed by atoms with van der Waals surface area (Å²) in [6, 6.07) is 7.63. The number of likely N-dealkylation sites (tertiary alicyclic amines) is 1. The van der Waals surface area contributed by atoms with E-state index in [0.717, 1.165) is 56.5 Å². The molecule has 10 nitrogen and oxygen atoms in total. The molecule has 3 aliphatic heterocycles. The first-order valence-corrected chi connectivity index (χ1v) is 13.5. The Hall–Kier alpha value is -2.63. The number of amides is 3. The number of primary amides is 1. The molecule has 3 fully saturated rings. The molecule has 2 atom stereocenters. The summed E-state index contributed by atoms with van der Waals surface area (Å²) in [5, 5.41) is 5.04. The van der Waals surface area contributed by atoms with Gasteiger partial charge in [0.1, 0.15) is 0 Å². The van der Waals surface area contributed by atoms with Crippen LogP contribution in [-0.4, -0.2) is 95.2 Å². The minimum atomic E-state index is -0.324. The number of carbonyl (C=O) groups excluding carboxylic acids is 2. The Labute approximate surface area is 214 Å². The quantitative estimate of drug-likeness (QED) is 0.586. The molecule has 5 rings (SSSR count). The molecule has 3 N–H and O–H groups in total. The van der Waals surface area contributed by atoms with Gasteiger partial charge >= 0.3 is 12.1 Å². The van der Waals surface area contributed by atoms with Crippen LogP contribution in [0.1, 0.15) is 5.56 Å². The molecule has 3 amide bonds. The van der Waals surface area contributed by atoms with Crippen molar-refractivity contribution in [2.45, 2.75) is 6.54 Å². The van der Waals surface area contributed by atoms with Gasteiger partial charge in [0, 0.05) is 89.3 Å². The number of benzene rings is 1. The molecular formula is C23H31ClN8O2S. The van der Waals surface area contributed by atoms with Crippen LogP contribution in [0.15, 0.2) is 30.5 Å². The molecule has 0 spiro atoms. The number of urea groups is 1. The first kappa shape index (κ1) is 24.1. The molecule has 188 valence electrons. The van der Waals surface area contributed by atoms with Crippen LogP contribution in [0.2, 0.25) is 5.02 Å². The lowest BCUT2D eigenvalue weighted by molar-refractivity contribution is 0.134. The van der Waals surface area contributed by atoms with Crippen LogP contribution >= 0.6 is 23.5 Å². The van der Waals surface area contributed by atoms with E-state index in [1.807, 2.05) is 17.2 Å². The van der Waals surface area contributed by atoms with Gasteiger partial charge < -0.3 is 25.2 Å². The standard InChI is InChI=1S/C23H31ClN8O2S/c1-35-27-21-4-5-32(26-21)23(34)29-8-6-28(7-9-29)11-16-2-3-19(24)20(10-16)30-12-17-14-31(22(25)33)15-18(17)13-30/h2-5,10,17-18H,6-9,11-15H2,1H3,(H2,25,33)(H,26,27). The number of aromatic nitrogens is 2. The van der Waals surface area contributed by atoms with E-state index in [9.17, 15) is 9.59 Å². The Morgan fingerprint density at radius 2 is 1.80 bits per heavy atom. The van der Waals surface area contributed by atoms with E-state index in [4.69, 9.17) is 17.3 Å². The van der Waals surface area contributed by atoms with E-state index < -0.39 is 0 Å². The molecule has 12 heteroatoms. The van der Waals surface area contributed by atoms with Gasteiger partial charge in [0.05, 0.1) is 10.7 Å². The van der Waals surface area contributed by atoms with E-state index in [0.29, 0.717) is 30.7 Å². The highest BCUT2D eigenvalue weighted by Gasteiger charge is 2.41. The molecule has 2 unspecified atom stereocenters. The molecule has 3 saturated heterocycles. The number of fused-ring (bicyclic) bond motifs is 1. The third kappa shape index (κ3) is 5.17. The van der Waals surface area contributed by atoms with Crippen LogP contribution in [0, 0.1) is 11.8 Å². The van der Waals surface area contributed by atoms with Gasteiger partial charge in [-0.15, -0.1) is 5.10 Å². The van der Waals surface area contributed by atoms with Crippen LogP contribution in [0.3, 0.4) is 0 Å². The van der Waals surface area contributed by atoms with Gasteiger partial charge in [-0.05, 0) is 17.7 Å². The van der Waals surface area contributed by atoms with E-state index in [1.54, 1.807) is 17.2 Å². The molecule has 4 heterocycles. The molecule has 0 bridgehead atoms. The molecule has 35 heavy (non-hydrogen) atoms. The van der Waals surface area contributed by atoms with Crippen molar-refractivity contribution >= 4 is 47.1 Å². The maximum Gasteiger partial charge on any atom is 0.344 e. The van der Waals surface area contributed by atoms with E-state index in [-0.39, 0.29) is 12.1 Å². The second-order valence-corrected chi connectivity index (χ2v) is 10.5. The average Bonchev–Trinajstić information content (AvgIpc) is 3.56. The maximum atomic E-state index is 12.8. The van der Waals surface area contributed by atoms with Gasteiger partial charge in [0.25, 0.3) is 0 Å². The predicted octanol–water partition coefficient (Wildman–Crippen LogP) is 2.46. The smallest absolute Gasteiger partial charge is 0.344 e. The number of rotatable bonds is 5. The largest absolute Gasteiger partial charge is 0.370 e. The minimum absolute atomic E-state index is 0.0953. The van der Waals surface area contributed by atoms with Gasteiger partial charge in [-0.1, -0.05) is 29.6 Å². The zero-order valence-electron chi connectivity index (χ0n) is 19.8. The van der Waals surface area contributed by atoms with Gasteiger partial charge in [0.2, 0.25) is 0 Å². The molecule has 0 aliphatic carbocycles. The zero-order valence-corrected chi connectivity index (χ0v) is 21.3. The van der Waals surface area contributed by atoms with Crippen molar-refractivity contribution in [1.29, 1.82) is 0 Å². The summed E-state index contributed by atoms with van der Waals surface area (Å²) in [5.41, 5.74) is 7.73. The Bertz CT molecular complexity index is 1080. The van der Waals surface area contributed by atoms with Crippen LogP contribution < -0.4 is 15.4 Å². The summed E-state index contributed by atoms with van der Waals surface area (Å²) in [5.74, 6) is 1.56. The van der Waals surface area contributed by atoms with E-state index >= 15 is 0 Å². The van der Waals surface area contributed by atoms with Crippen molar-refractivity contribution < 1.29 is 9.59 Å². The first-order valence-electron chi connectivity index (χ1n) is 11.9. The molecule has 2 aromatic rings. The average molecular weight is 519 g/mol. The van der Waals surface area contributed by atoms with Crippen LogP contribution in [0.4, 0.5) is 21.1 Å². The van der Waals surface area contributed by atoms with Crippen LogP contribution in [0.25, 0.3) is 0 Å². The number of nitrogens with zero attached hydrogens (tertiary/aromatic N) is 6. The highest BCUT2D eigenvalue weighted by Crippen LogP contribution is 2.37. The zero-order chi connectivity index (χ0) is 24.5. The normalized spacial score (nSPS) is 22.5. The Balaban J connectivity index is 1.16. The second kappa shape index (κ2) is 10.2. The van der Waals surface area contributed by atoms with Crippen molar-refractivity contribution in [3.05, 3.63) is 41.0 Å². The molecule has 3 aliphatic rings. The van der Waals surface area contributed by atoms with Crippen molar-refractivity contribution in [2.24, 2.45) is 17.6 Å². The first-order chi connectivity index (χ1) is 16.9. The maximum absolute atomic E-state index is 12.8. The number of nitrogens with one attached hydrogen (secondary N) is 1. The summed E-state index contributed by atoms with van der Waals surface area (Å²) >= 11 is 8.03. The molecular weight excluding hydrogens is 488 g/mol. The van der Waals surface area contributed by atoms with Crippen molar-refractivity contribution in [3.8, 4) is 0 Å². The van der Waals surface area contributed by atoms with Crippen LogP contribution in [-0.2, 0) is 6.54 Å². The summed E-state index contributed by atoms with van der Waals surface area (Å²) in [6.45, 7) is 6.98. The Morgan fingerprint density at radius 1 is 1.09 bits per heavy atom. The topological polar surface area (TPSA) is 103 Å².